The van der Waals surface area contributed by atoms with E-state index in [4.69, 9.17) is 5.73 Å². The highest BCUT2D eigenvalue weighted by molar-refractivity contribution is 5.93. The van der Waals surface area contributed by atoms with Crippen LogP contribution in [0.3, 0.4) is 0 Å². The molecule has 0 spiro atoms. The second-order valence-corrected chi connectivity index (χ2v) is 6.23. The molecule has 2 heterocycles. The van der Waals surface area contributed by atoms with E-state index in [1.807, 2.05) is 12.3 Å². The number of pyridine rings is 1. The summed E-state index contributed by atoms with van der Waals surface area (Å²) in [5, 5.41) is 1.24. The van der Waals surface area contributed by atoms with Crippen LogP contribution < -0.4 is 10.6 Å². The van der Waals surface area contributed by atoms with Crippen LogP contribution >= 0.6 is 0 Å². The van der Waals surface area contributed by atoms with Crippen molar-refractivity contribution < 1.29 is 0 Å². The topological polar surface area (TPSA) is 42.1 Å². The van der Waals surface area contributed by atoms with Gasteiger partial charge in [0.05, 0.1) is 11.2 Å². The van der Waals surface area contributed by atoms with E-state index in [1.165, 1.54) is 30.3 Å². The molecule has 3 heteroatoms. The van der Waals surface area contributed by atoms with Crippen molar-refractivity contribution in [2.24, 2.45) is 11.1 Å². The molecule has 3 rings (SSSR count). The van der Waals surface area contributed by atoms with Crippen LogP contribution in [0.15, 0.2) is 30.5 Å². The van der Waals surface area contributed by atoms with E-state index < -0.39 is 0 Å². The van der Waals surface area contributed by atoms with E-state index in [2.05, 4.69) is 41.9 Å². The predicted octanol–water partition coefficient (Wildman–Crippen LogP) is 3.71. The van der Waals surface area contributed by atoms with Crippen LogP contribution in [0.2, 0.25) is 0 Å². The van der Waals surface area contributed by atoms with Crippen molar-refractivity contribution in [2.45, 2.75) is 39.7 Å². The molecule has 0 bridgehead atoms. The summed E-state index contributed by atoms with van der Waals surface area (Å²) in [7, 11) is 0. The molecule has 0 amide bonds. The van der Waals surface area contributed by atoms with Crippen molar-refractivity contribution in [3.05, 3.63) is 36.0 Å². The molecule has 1 fully saturated rings. The van der Waals surface area contributed by atoms with Gasteiger partial charge in [0.2, 0.25) is 0 Å². The Morgan fingerprint density at radius 1 is 1.24 bits per heavy atom. The van der Waals surface area contributed by atoms with Gasteiger partial charge in [0.25, 0.3) is 0 Å². The Morgan fingerprint density at radius 3 is 2.67 bits per heavy atom. The first-order chi connectivity index (χ1) is 10.2. The quantitative estimate of drug-likeness (QED) is 0.930. The van der Waals surface area contributed by atoms with E-state index in [0.29, 0.717) is 12.0 Å². The van der Waals surface area contributed by atoms with Gasteiger partial charge < -0.3 is 10.6 Å². The summed E-state index contributed by atoms with van der Waals surface area (Å²) >= 11 is 0. The third-order valence-electron chi connectivity index (χ3n) is 5.30. The molecule has 0 radical (unpaired) electrons. The number of hydrogen-bond acceptors (Lipinski definition) is 3. The Labute approximate surface area is 127 Å². The Hall–Kier alpha value is -1.61. The summed E-state index contributed by atoms with van der Waals surface area (Å²) in [5.74, 6) is 0. The van der Waals surface area contributed by atoms with Crippen LogP contribution in [0, 0.1) is 5.41 Å². The second-order valence-electron chi connectivity index (χ2n) is 6.23. The zero-order valence-corrected chi connectivity index (χ0v) is 13.1. The summed E-state index contributed by atoms with van der Waals surface area (Å²) < 4.78 is 0. The van der Waals surface area contributed by atoms with Crippen molar-refractivity contribution in [3.63, 3.8) is 0 Å². The highest BCUT2D eigenvalue weighted by Gasteiger charge is 2.36. The number of aromatic nitrogens is 1. The maximum atomic E-state index is 5.98. The smallest absolute Gasteiger partial charge is 0.0723 e. The Kier molecular flexibility index (Phi) is 3.85. The van der Waals surface area contributed by atoms with Crippen molar-refractivity contribution in [3.8, 4) is 0 Å². The summed E-state index contributed by atoms with van der Waals surface area (Å²) in [6, 6.07) is 8.40. The maximum Gasteiger partial charge on any atom is 0.0723 e. The van der Waals surface area contributed by atoms with Gasteiger partial charge in [-0.15, -0.1) is 0 Å². The lowest BCUT2D eigenvalue weighted by molar-refractivity contribution is 0.301. The number of fused-ring (bicyclic) bond motifs is 1. The largest absolute Gasteiger partial charge is 0.370 e. The average Bonchev–Trinajstić information content (AvgIpc) is 2.98. The molecule has 2 aromatic rings. The molecular formula is C18H25N3. The lowest BCUT2D eigenvalue weighted by Gasteiger charge is -2.28. The lowest BCUT2D eigenvalue weighted by atomic mass is 9.82. The fraction of sp³-hybridized carbons (Fsp3) is 0.500. The molecule has 0 atom stereocenters. The van der Waals surface area contributed by atoms with Gasteiger partial charge in [-0.2, -0.15) is 0 Å². The fourth-order valence-electron chi connectivity index (χ4n) is 3.64. The minimum Gasteiger partial charge on any atom is -0.370 e. The van der Waals surface area contributed by atoms with Crippen LogP contribution in [-0.2, 0) is 6.54 Å². The Morgan fingerprint density at radius 2 is 2.00 bits per heavy atom. The Bertz CT molecular complexity index is 631. The van der Waals surface area contributed by atoms with Gasteiger partial charge in [-0.1, -0.05) is 32.0 Å². The molecule has 3 nitrogen and oxygen atoms in total. The summed E-state index contributed by atoms with van der Waals surface area (Å²) in [6.45, 7) is 7.46. The first-order valence-electron chi connectivity index (χ1n) is 8.04. The minimum atomic E-state index is 0.468. The van der Waals surface area contributed by atoms with Crippen LogP contribution in [0.5, 0.6) is 0 Å². The third-order valence-corrected chi connectivity index (χ3v) is 5.30. The van der Waals surface area contributed by atoms with Gasteiger partial charge in [-0.05, 0) is 30.7 Å². The Balaban J connectivity index is 2.08. The predicted molar refractivity (Wildman–Crippen MR) is 89.5 cm³/mol. The van der Waals surface area contributed by atoms with E-state index in [-0.39, 0.29) is 0 Å². The van der Waals surface area contributed by atoms with Gasteiger partial charge in [0, 0.05) is 36.8 Å². The van der Waals surface area contributed by atoms with Crippen molar-refractivity contribution in [1.29, 1.82) is 0 Å². The molecule has 21 heavy (non-hydrogen) atoms. The molecule has 2 N–H and O–H groups in total. The molecule has 0 aliphatic carbocycles. The number of benzene rings is 1. The highest BCUT2D eigenvalue weighted by atomic mass is 15.2. The van der Waals surface area contributed by atoms with E-state index in [9.17, 15) is 0 Å². The highest BCUT2D eigenvalue weighted by Crippen LogP contribution is 2.41. The molecular weight excluding hydrogens is 258 g/mol. The SMILES string of the molecule is CCC1(CC)CCN(c2c(CN)cnc3ccccc23)C1. The summed E-state index contributed by atoms with van der Waals surface area (Å²) in [6.07, 6.45) is 5.73. The number of hydrogen-bond donors (Lipinski definition) is 1. The van der Waals surface area contributed by atoms with E-state index >= 15 is 0 Å². The normalized spacial score (nSPS) is 17.6. The molecule has 1 aliphatic rings. The molecule has 112 valence electrons. The van der Waals surface area contributed by atoms with Gasteiger partial charge in [-0.3, -0.25) is 4.98 Å². The number of rotatable bonds is 4. The molecule has 1 aliphatic heterocycles. The zero-order chi connectivity index (χ0) is 14.9. The van der Waals surface area contributed by atoms with Crippen molar-refractivity contribution in [1.82, 2.24) is 4.98 Å². The van der Waals surface area contributed by atoms with Crippen molar-refractivity contribution in [2.75, 3.05) is 18.0 Å². The first-order valence-corrected chi connectivity index (χ1v) is 8.04. The number of anilines is 1. The zero-order valence-electron chi connectivity index (χ0n) is 13.1. The summed E-state index contributed by atoms with van der Waals surface area (Å²) in [5.41, 5.74) is 9.98. The number of para-hydroxylation sites is 1. The molecule has 1 aromatic heterocycles. The third kappa shape index (κ3) is 2.40. The number of nitrogens with zero attached hydrogens (tertiary/aromatic N) is 2. The van der Waals surface area contributed by atoms with Crippen LogP contribution in [0.4, 0.5) is 5.69 Å². The molecule has 0 unspecified atom stereocenters. The van der Waals surface area contributed by atoms with Crippen LogP contribution in [0.25, 0.3) is 10.9 Å². The average molecular weight is 283 g/mol. The maximum absolute atomic E-state index is 5.98. The van der Waals surface area contributed by atoms with E-state index in [1.54, 1.807) is 0 Å². The fourth-order valence-corrected chi connectivity index (χ4v) is 3.64. The van der Waals surface area contributed by atoms with Crippen molar-refractivity contribution >= 4 is 16.6 Å². The standard InChI is InChI=1S/C18H25N3/c1-3-18(4-2)9-10-21(13-18)17-14(11-19)12-20-16-8-6-5-7-15(16)17/h5-8,12H,3-4,9-11,13,19H2,1-2H3. The van der Waals surface area contributed by atoms with Gasteiger partial charge in [-0.25, -0.2) is 0 Å². The van der Waals surface area contributed by atoms with E-state index in [0.717, 1.165) is 24.2 Å². The van der Waals surface area contributed by atoms with Gasteiger partial charge in [0.15, 0.2) is 0 Å². The molecule has 1 saturated heterocycles. The lowest BCUT2D eigenvalue weighted by Crippen LogP contribution is -2.27. The first kappa shape index (κ1) is 14.3. The monoisotopic (exact) mass is 283 g/mol. The molecule has 1 aromatic carbocycles. The number of nitrogens with two attached hydrogens (primary N) is 1. The van der Waals surface area contributed by atoms with Crippen LogP contribution in [-0.4, -0.2) is 18.1 Å². The van der Waals surface area contributed by atoms with Crippen LogP contribution in [0.1, 0.15) is 38.7 Å². The van der Waals surface area contributed by atoms with Gasteiger partial charge >= 0.3 is 0 Å². The second kappa shape index (κ2) is 5.64. The molecule has 0 saturated carbocycles. The summed E-state index contributed by atoms with van der Waals surface area (Å²) in [4.78, 5) is 7.09. The minimum absolute atomic E-state index is 0.468. The van der Waals surface area contributed by atoms with Gasteiger partial charge in [0.1, 0.15) is 0 Å².